The Balaban J connectivity index is 1.35. The Labute approximate surface area is 223 Å². The van der Waals surface area contributed by atoms with E-state index in [4.69, 9.17) is 9.47 Å². The molecule has 0 bridgehead atoms. The molecule has 1 aliphatic heterocycles. The van der Waals surface area contributed by atoms with Crippen molar-refractivity contribution in [2.75, 3.05) is 11.1 Å². The maximum Gasteiger partial charge on any atom is 0.255 e. The minimum atomic E-state index is -0.605. The number of aliphatic hydroxyl groups excluding tert-OH is 1. The third-order valence-electron chi connectivity index (χ3n) is 5.97. The molecule has 0 aliphatic carbocycles. The van der Waals surface area contributed by atoms with Crippen molar-refractivity contribution < 1.29 is 19.4 Å². The first kappa shape index (κ1) is 25.6. The topological polar surface area (TPSA) is 93.6 Å². The molecule has 1 fully saturated rings. The lowest BCUT2D eigenvalue weighted by Gasteiger charge is -2.36. The van der Waals surface area contributed by atoms with Gasteiger partial charge >= 0.3 is 0 Å². The quantitative estimate of drug-likeness (QED) is 0.271. The van der Waals surface area contributed by atoms with Gasteiger partial charge in [-0.25, -0.2) is 0 Å². The summed E-state index contributed by atoms with van der Waals surface area (Å²) < 4.78 is 13.7. The Morgan fingerprint density at radius 3 is 2.57 bits per heavy atom. The van der Waals surface area contributed by atoms with E-state index in [1.165, 1.54) is 0 Å². The number of carbonyl (C=O) groups excluding carboxylic acids is 1. The molecule has 1 aliphatic rings. The van der Waals surface area contributed by atoms with E-state index in [-0.39, 0.29) is 24.7 Å². The van der Waals surface area contributed by atoms with Crippen LogP contribution in [-0.2, 0) is 16.1 Å². The van der Waals surface area contributed by atoms with E-state index < -0.39 is 6.29 Å². The van der Waals surface area contributed by atoms with Crippen LogP contribution in [0.25, 0.3) is 0 Å². The Kier molecular flexibility index (Phi) is 8.28. The summed E-state index contributed by atoms with van der Waals surface area (Å²) >= 11 is 3.20. The molecule has 0 spiro atoms. The van der Waals surface area contributed by atoms with Crippen LogP contribution in [-0.4, -0.2) is 33.1 Å². The van der Waals surface area contributed by atoms with Crippen molar-refractivity contribution in [3.63, 3.8) is 0 Å². The monoisotopic (exact) mass is 533 g/mol. The Hall–Kier alpha value is -3.08. The maximum absolute atomic E-state index is 12.7. The molecule has 1 aromatic heterocycles. The zero-order valence-electron chi connectivity index (χ0n) is 20.2. The van der Waals surface area contributed by atoms with Crippen LogP contribution in [0, 0.1) is 6.92 Å². The number of carbonyl (C=O) groups is 1. The molecule has 3 aromatic carbocycles. The summed E-state index contributed by atoms with van der Waals surface area (Å²) in [5.74, 6) is 0.538. The SMILES string of the molecule is Cc1nnc(SC[C@@H]2C[C@H](c3ccc(CO)cc3)O[C@H](c3cccc(NC(=O)c4ccccc4)c3)O2)s1. The molecule has 2 N–H and O–H groups in total. The summed E-state index contributed by atoms with van der Waals surface area (Å²) in [7, 11) is 0. The lowest BCUT2D eigenvalue weighted by atomic mass is 10.0. The highest BCUT2D eigenvalue weighted by Gasteiger charge is 2.32. The Morgan fingerprint density at radius 1 is 1.03 bits per heavy atom. The number of thioether (sulfide) groups is 1. The fourth-order valence-electron chi connectivity index (χ4n) is 4.08. The summed E-state index contributed by atoms with van der Waals surface area (Å²) in [6.07, 6.45) is -0.190. The third-order valence-corrected chi connectivity index (χ3v) is 8.07. The number of hydrogen-bond acceptors (Lipinski definition) is 8. The summed E-state index contributed by atoms with van der Waals surface area (Å²) in [5, 5.41) is 21.6. The van der Waals surface area contributed by atoms with Crippen LogP contribution < -0.4 is 5.32 Å². The highest BCUT2D eigenvalue weighted by Crippen LogP contribution is 2.40. The predicted octanol–water partition coefficient (Wildman–Crippen LogP) is 5.93. The third kappa shape index (κ3) is 6.63. The van der Waals surface area contributed by atoms with E-state index in [2.05, 4.69) is 15.5 Å². The van der Waals surface area contributed by atoms with Crippen molar-refractivity contribution in [1.29, 1.82) is 0 Å². The highest BCUT2D eigenvalue weighted by molar-refractivity contribution is 8.01. The second-order valence-corrected chi connectivity index (χ2v) is 11.1. The molecule has 0 saturated carbocycles. The number of aliphatic hydroxyl groups is 1. The van der Waals surface area contributed by atoms with Gasteiger partial charge in [0.05, 0.1) is 18.8 Å². The minimum Gasteiger partial charge on any atom is -0.392 e. The highest BCUT2D eigenvalue weighted by atomic mass is 32.2. The van der Waals surface area contributed by atoms with Crippen LogP contribution in [0.1, 0.15) is 50.9 Å². The largest absolute Gasteiger partial charge is 0.392 e. The van der Waals surface area contributed by atoms with Gasteiger partial charge in [0.25, 0.3) is 5.91 Å². The number of aromatic nitrogens is 2. The summed E-state index contributed by atoms with van der Waals surface area (Å²) in [4.78, 5) is 12.7. The van der Waals surface area contributed by atoms with Crippen molar-refractivity contribution in [2.24, 2.45) is 0 Å². The van der Waals surface area contributed by atoms with E-state index in [1.807, 2.05) is 73.7 Å². The van der Waals surface area contributed by atoms with Gasteiger partial charge < -0.3 is 19.9 Å². The van der Waals surface area contributed by atoms with E-state index in [0.29, 0.717) is 23.4 Å². The molecular weight excluding hydrogens is 506 g/mol. The molecule has 9 heteroatoms. The molecule has 5 rings (SSSR count). The van der Waals surface area contributed by atoms with E-state index in [1.54, 1.807) is 35.2 Å². The van der Waals surface area contributed by atoms with Crippen molar-refractivity contribution in [3.05, 3.63) is 106 Å². The van der Waals surface area contributed by atoms with Crippen molar-refractivity contribution in [1.82, 2.24) is 10.2 Å². The molecule has 37 heavy (non-hydrogen) atoms. The molecule has 0 unspecified atom stereocenters. The number of anilines is 1. The number of ether oxygens (including phenoxy) is 2. The predicted molar refractivity (Wildman–Crippen MR) is 145 cm³/mol. The van der Waals surface area contributed by atoms with Gasteiger partial charge in [0.15, 0.2) is 10.6 Å². The maximum atomic E-state index is 12.7. The van der Waals surface area contributed by atoms with Crippen LogP contribution in [0.15, 0.2) is 83.2 Å². The van der Waals surface area contributed by atoms with Gasteiger partial charge in [0, 0.05) is 29.0 Å². The fraction of sp³-hybridized carbons (Fsp3) is 0.250. The van der Waals surface area contributed by atoms with Crippen LogP contribution in [0.4, 0.5) is 5.69 Å². The molecule has 1 amide bonds. The first-order valence-corrected chi connectivity index (χ1v) is 13.8. The second kappa shape index (κ2) is 12.0. The smallest absolute Gasteiger partial charge is 0.255 e. The molecule has 4 aromatic rings. The molecule has 7 nitrogen and oxygen atoms in total. The molecule has 3 atom stereocenters. The lowest BCUT2D eigenvalue weighted by Crippen LogP contribution is -2.31. The van der Waals surface area contributed by atoms with Crippen molar-refractivity contribution in [3.8, 4) is 0 Å². The van der Waals surface area contributed by atoms with Gasteiger partial charge in [-0.1, -0.05) is 77.7 Å². The minimum absolute atomic E-state index is 0.000432. The first-order chi connectivity index (χ1) is 18.1. The lowest BCUT2D eigenvalue weighted by molar-refractivity contribution is -0.245. The van der Waals surface area contributed by atoms with Crippen LogP contribution in [0.5, 0.6) is 0 Å². The zero-order valence-corrected chi connectivity index (χ0v) is 21.9. The fourth-order valence-corrected chi connectivity index (χ4v) is 5.94. The number of nitrogens with zero attached hydrogens (tertiary/aromatic N) is 2. The second-order valence-electron chi connectivity index (χ2n) is 8.69. The van der Waals surface area contributed by atoms with Gasteiger partial charge in [-0.15, -0.1) is 10.2 Å². The van der Waals surface area contributed by atoms with Crippen molar-refractivity contribution in [2.45, 2.75) is 42.8 Å². The van der Waals surface area contributed by atoms with E-state index in [9.17, 15) is 9.90 Å². The average molecular weight is 534 g/mol. The van der Waals surface area contributed by atoms with Crippen molar-refractivity contribution >= 4 is 34.7 Å². The van der Waals surface area contributed by atoms with Gasteiger partial charge in [-0.3, -0.25) is 4.79 Å². The summed E-state index contributed by atoms with van der Waals surface area (Å²) in [6.45, 7) is 1.94. The first-order valence-electron chi connectivity index (χ1n) is 12.0. The van der Waals surface area contributed by atoms with Gasteiger partial charge in [0.2, 0.25) is 0 Å². The van der Waals surface area contributed by atoms with E-state index in [0.717, 1.165) is 26.0 Å². The van der Waals surface area contributed by atoms with Gasteiger partial charge in [-0.05, 0) is 42.3 Å². The Morgan fingerprint density at radius 2 is 1.84 bits per heavy atom. The average Bonchev–Trinajstić information content (AvgIpc) is 3.37. The number of hydrogen-bond donors (Lipinski definition) is 2. The number of amides is 1. The Bertz CT molecular complexity index is 1330. The van der Waals surface area contributed by atoms with Crippen LogP contribution in [0.3, 0.4) is 0 Å². The molecule has 2 heterocycles. The van der Waals surface area contributed by atoms with Crippen LogP contribution in [0.2, 0.25) is 0 Å². The normalized spacial score (nSPS) is 19.5. The number of nitrogens with one attached hydrogen (secondary N) is 1. The number of benzene rings is 3. The standard InChI is InChI=1S/C28H27N3O4S2/c1-18-30-31-28(37-18)36-17-24-15-25(20-12-10-19(16-32)11-13-20)35-27(34-24)22-8-5-9-23(14-22)29-26(33)21-6-3-2-4-7-21/h2-14,24-25,27,32H,15-17H2,1H3,(H,29,33)/t24-,25+,27+/m0/s1. The zero-order chi connectivity index (χ0) is 25.6. The molecule has 190 valence electrons. The van der Waals surface area contributed by atoms with E-state index >= 15 is 0 Å². The van der Waals surface area contributed by atoms with Gasteiger partial charge in [-0.2, -0.15) is 0 Å². The molecular formula is C28H27N3O4S2. The molecule has 0 radical (unpaired) electrons. The van der Waals surface area contributed by atoms with Gasteiger partial charge in [0.1, 0.15) is 5.01 Å². The van der Waals surface area contributed by atoms with Crippen LogP contribution >= 0.6 is 23.1 Å². The number of rotatable bonds is 8. The molecule has 1 saturated heterocycles. The number of aryl methyl sites for hydroxylation is 1. The summed E-state index contributed by atoms with van der Waals surface area (Å²) in [5.41, 5.74) is 3.97. The summed E-state index contributed by atoms with van der Waals surface area (Å²) in [6, 6.07) is 24.5.